The molecule has 4 heteroatoms. The molecule has 1 atom stereocenters. The van der Waals surface area contributed by atoms with Crippen LogP contribution in [0.25, 0.3) is 0 Å². The lowest BCUT2D eigenvalue weighted by Crippen LogP contribution is -2.46. The molecule has 0 aliphatic heterocycles. The van der Waals surface area contributed by atoms with E-state index in [9.17, 15) is 4.79 Å². The van der Waals surface area contributed by atoms with Gasteiger partial charge in [-0.2, -0.15) is 0 Å². The molecule has 0 N–H and O–H groups in total. The van der Waals surface area contributed by atoms with Gasteiger partial charge in [-0.1, -0.05) is 27.7 Å². The van der Waals surface area contributed by atoms with Crippen molar-refractivity contribution in [3.05, 3.63) is 0 Å². The van der Waals surface area contributed by atoms with E-state index in [4.69, 9.17) is 9.16 Å². The van der Waals surface area contributed by atoms with Gasteiger partial charge in [-0.15, -0.1) is 0 Å². The van der Waals surface area contributed by atoms with Crippen molar-refractivity contribution in [2.75, 3.05) is 7.11 Å². The van der Waals surface area contributed by atoms with Gasteiger partial charge in [0.1, 0.15) is 6.10 Å². The topological polar surface area (TPSA) is 35.5 Å². The first kappa shape index (κ1) is 14.6. The van der Waals surface area contributed by atoms with Gasteiger partial charge >= 0.3 is 5.97 Å². The van der Waals surface area contributed by atoms with Crippen LogP contribution in [-0.2, 0) is 14.0 Å². The molecular formula is C11H24O3Si. The molecule has 0 bridgehead atoms. The number of carbonyl (C=O) groups excluding carboxylic acids is 1. The summed E-state index contributed by atoms with van der Waals surface area (Å²) in [6.07, 6.45) is 0.259. The molecule has 0 aliphatic rings. The molecule has 0 aliphatic carbocycles. The molecule has 3 nitrogen and oxygen atoms in total. The second-order valence-corrected chi connectivity index (χ2v) is 10.1. The van der Waals surface area contributed by atoms with Crippen molar-refractivity contribution in [1.29, 1.82) is 0 Å². The monoisotopic (exact) mass is 232 g/mol. The van der Waals surface area contributed by atoms with Gasteiger partial charge in [0.2, 0.25) is 0 Å². The van der Waals surface area contributed by atoms with Gasteiger partial charge in [-0.05, 0) is 24.6 Å². The van der Waals surface area contributed by atoms with Crippen LogP contribution in [0.4, 0.5) is 0 Å². The highest BCUT2D eigenvalue weighted by molar-refractivity contribution is 6.74. The van der Waals surface area contributed by atoms with Crippen LogP contribution in [0.15, 0.2) is 0 Å². The minimum atomic E-state index is -1.87. The molecule has 0 saturated carbocycles. The summed E-state index contributed by atoms with van der Waals surface area (Å²) >= 11 is 0. The first-order valence-electron chi connectivity index (χ1n) is 5.41. The highest BCUT2D eigenvalue weighted by Crippen LogP contribution is 2.37. The lowest BCUT2D eigenvalue weighted by molar-refractivity contribution is -0.149. The quantitative estimate of drug-likeness (QED) is 0.552. The number of rotatable bonds is 4. The Labute approximate surface area is 94.3 Å². The van der Waals surface area contributed by atoms with Crippen molar-refractivity contribution in [2.45, 2.75) is 58.4 Å². The minimum absolute atomic E-state index is 0.119. The van der Waals surface area contributed by atoms with Gasteiger partial charge in [0.15, 0.2) is 8.32 Å². The van der Waals surface area contributed by atoms with E-state index in [2.05, 4.69) is 33.9 Å². The molecular weight excluding hydrogens is 208 g/mol. The van der Waals surface area contributed by atoms with Crippen LogP contribution in [0.1, 0.15) is 34.1 Å². The summed E-state index contributed by atoms with van der Waals surface area (Å²) in [7, 11) is -0.466. The van der Waals surface area contributed by atoms with E-state index in [1.54, 1.807) is 0 Å². The zero-order valence-corrected chi connectivity index (χ0v) is 12.0. The van der Waals surface area contributed by atoms with Gasteiger partial charge in [0, 0.05) is 0 Å². The Morgan fingerprint density at radius 1 is 1.33 bits per heavy atom. The Kier molecular flexibility index (Phi) is 5.00. The van der Waals surface area contributed by atoms with E-state index in [0.29, 0.717) is 6.42 Å². The second kappa shape index (κ2) is 5.12. The smallest absolute Gasteiger partial charge is 0.333 e. The maximum Gasteiger partial charge on any atom is 0.333 e. The average Bonchev–Trinajstić information content (AvgIpc) is 2.11. The summed E-state index contributed by atoms with van der Waals surface area (Å²) in [6, 6.07) is 0. The highest BCUT2D eigenvalue weighted by Gasteiger charge is 2.40. The first-order valence-corrected chi connectivity index (χ1v) is 8.32. The molecule has 0 amide bonds. The standard InChI is InChI=1S/C11H24O3Si/c1-8-9(10(12)13-5)14-15(6,7)11(2,3)4/h9H,8H2,1-7H3. The van der Waals surface area contributed by atoms with Crippen molar-refractivity contribution in [2.24, 2.45) is 0 Å². The zero-order chi connectivity index (χ0) is 12.3. The van der Waals surface area contributed by atoms with Crippen molar-refractivity contribution >= 4 is 14.3 Å². The van der Waals surface area contributed by atoms with Gasteiger partial charge < -0.3 is 9.16 Å². The van der Waals surface area contributed by atoms with Crippen molar-refractivity contribution in [1.82, 2.24) is 0 Å². The molecule has 0 fully saturated rings. The third kappa shape index (κ3) is 3.95. The molecule has 0 heterocycles. The Balaban J connectivity index is 4.62. The van der Waals surface area contributed by atoms with E-state index in [1.165, 1.54) is 7.11 Å². The molecule has 1 unspecified atom stereocenters. The molecule has 0 rings (SSSR count). The summed E-state index contributed by atoms with van der Waals surface area (Å²) in [6.45, 7) is 12.7. The first-order chi connectivity index (χ1) is 6.65. The number of carbonyl (C=O) groups is 1. The molecule has 90 valence electrons. The Morgan fingerprint density at radius 2 is 1.80 bits per heavy atom. The summed E-state index contributed by atoms with van der Waals surface area (Å²) in [5.74, 6) is -0.262. The maximum atomic E-state index is 11.4. The SMILES string of the molecule is CCC(O[Si](C)(C)C(C)(C)C)C(=O)OC. The third-order valence-electron chi connectivity index (χ3n) is 3.08. The van der Waals surface area contributed by atoms with Crippen LogP contribution >= 0.6 is 0 Å². The largest absolute Gasteiger partial charge is 0.467 e. The molecule has 0 aromatic heterocycles. The lowest BCUT2D eigenvalue weighted by Gasteiger charge is -2.38. The van der Waals surface area contributed by atoms with Crippen molar-refractivity contribution in [3.8, 4) is 0 Å². The third-order valence-corrected chi connectivity index (χ3v) is 7.56. The van der Waals surface area contributed by atoms with E-state index >= 15 is 0 Å². The predicted octanol–water partition coefficient (Wildman–Crippen LogP) is 2.96. The van der Waals surface area contributed by atoms with Crippen LogP contribution in [0.3, 0.4) is 0 Å². The van der Waals surface area contributed by atoms with Crippen molar-refractivity contribution < 1.29 is 14.0 Å². The number of hydrogen-bond donors (Lipinski definition) is 0. The molecule has 0 spiro atoms. The Bertz CT molecular complexity index is 218. The fraction of sp³-hybridized carbons (Fsp3) is 0.909. The summed E-state index contributed by atoms with van der Waals surface area (Å²) < 4.78 is 10.7. The average molecular weight is 232 g/mol. The normalized spacial score (nSPS) is 14.9. The Morgan fingerprint density at radius 3 is 2.07 bits per heavy atom. The van der Waals surface area contributed by atoms with Crippen molar-refractivity contribution in [3.63, 3.8) is 0 Å². The zero-order valence-electron chi connectivity index (χ0n) is 11.0. The van der Waals surface area contributed by atoms with Gasteiger partial charge in [0.05, 0.1) is 7.11 Å². The fourth-order valence-electron chi connectivity index (χ4n) is 0.962. The van der Waals surface area contributed by atoms with Crippen LogP contribution < -0.4 is 0 Å². The van der Waals surface area contributed by atoms with Crippen LogP contribution in [0, 0.1) is 0 Å². The Hall–Kier alpha value is -0.353. The molecule has 15 heavy (non-hydrogen) atoms. The molecule has 0 saturated heterocycles. The van der Waals surface area contributed by atoms with Crippen LogP contribution in [0.2, 0.25) is 18.1 Å². The van der Waals surface area contributed by atoms with E-state index < -0.39 is 14.4 Å². The maximum absolute atomic E-state index is 11.4. The van der Waals surface area contributed by atoms with E-state index in [-0.39, 0.29) is 11.0 Å². The van der Waals surface area contributed by atoms with Crippen LogP contribution in [-0.4, -0.2) is 27.5 Å². The summed E-state index contributed by atoms with van der Waals surface area (Å²) in [4.78, 5) is 11.4. The van der Waals surface area contributed by atoms with Gasteiger partial charge in [-0.25, -0.2) is 4.79 Å². The van der Waals surface area contributed by atoms with Crippen LogP contribution in [0.5, 0.6) is 0 Å². The highest BCUT2D eigenvalue weighted by atomic mass is 28.4. The fourth-order valence-corrected chi connectivity index (χ4v) is 2.29. The summed E-state index contributed by atoms with van der Waals surface area (Å²) in [5, 5.41) is 0.119. The van der Waals surface area contributed by atoms with Gasteiger partial charge in [-0.3, -0.25) is 0 Å². The summed E-state index contributed by atoms with van der Waals surface area (Å²) in [5.41, 5.74) is 0. The second-order valence-electron chi connectivity index (χ2n) is 5.30. The number of methoxy groups -OCH3 is 1. The predicted molar refractivity (Wildman–Crippen MR) is 64.4 cm³/mol. The molecule has 0 aromatic rings. The van der Waals surface area contributed by atoms with E-state index in [0.717, 1.165) is 0 Å². The molecule has 0 radical (unpaired) electrons. The lowest BCUT2D eigenvalue weighted by atomic mass is 10.2. The number of hydrogen-bond acceptors (Lipinski definition) is 3. The van der Waals surface area contributed by atoms with E-state index in [1.807, 2.05) is 6.92 Å². The van der Waals surface area contributed by atoms with Gasteiger partial charge in [0.25, 0.3) is 0 Å². The minimum Gasteiger partial charge on any atom is -0.467 e. The number of ether oxygens (including phenoxy) is 1. The molecule has 0 aromatic carbocycles. The number of esters is 1.